The summed E-state index contributed by atoms with van der Waals surface area (Å²) < 4.78 is 5.37. The molecule has 0 bridgehead atoms. The first-order valence-corrected chi connectivity index (χ1v) is 7.46. The second-order valence-electron chi connectivity index (χ2n) is 4.84. The zero-order chi connectivity index (χ0) is 15.9. The van der Waals surface area contributed by atoms with E-state index in [1.54, 1.807) is 11.9 Å². The molecule has 116 valence electrons. The molecule has 5 heteroatoms. The van der Waals surface area contributed by atoms with Crippen LogP contribution in [0.2, 0.25) is 5.02 Å². The number of carbonyl (C=O) groups excluding carboxylic acids is 1. The zero-order valence-electron chi connectivity index (χ0n) is 12.7. The van der Waals surface area contributed by atoms with Crippen LogP contribution in [0.4, 0.5) is 10.5 Å². The highest BCUT2D eigenvalue weighted by Crippen LogP contribution is 2.18. The van der Waals surface area contributed by atoms with E-state index in [9.17, 15) is 4.79 Å². The highest BCUT2D eigenvalue weighted by Gasteiger charge is 2.11. The minimum Gasteiger partial charge on any atom is -0.494 e. The average Bonchev–Trinajstić information content (AvgIpc) is 2.51. The molecule has 0 unspecified atom stereocenters. The smallest absolute Gasteiger partial charge is 0.321 e. The quantitative estimate of drug-likeness (QED) is 0.887. The zero-order valence-corrected chi connectivity index (χ0v) is 13.4. The number of nitrogens with zero attached hydrogens (tertiary/aromatic N) is 1. The molecule has 1 N–H and O–H groups in total. The Morgan fingerprint density at radius 3 is 2.50 bits per heavy atom. The van der Waals surface area contributed by atoms with Crippen molar-refractivity contribution in [3.05, 3.63) is 59.1 Å². The molecule has 2 rings (SSSR count). The second-order valence-corrected chi connectivity index (χ2v) is 5.24. The van der Waals surface area contributed by atoms with Crippen molar-refractivity contribution in [3.8, 4) is 5.75 Å². The Labute approximate surface area is 135 Å². The minimum absolute atomic E-state index is 0.191. The van der Waals surface area contributed by atoms with Crippen molar-refractivity contribution in [1.29, 1.82) is 0 Å². The summed E-state index contributed by atoms with van der Waals surface area (Å²) >= 11 is 6.11. The lowest BCUT2D eigenvalue weighted by atomic mass is 10.2. The summed E-state index contributed by atoms with van der Waals surface area (Å²) in [6.45, 7) is 2.99. The fraction of sp³-hybridized carbons (Fsp3) is 0.235. The molecule has 0 spiro atoms. The summed E-state index contributed by atoms with van der Waals surface area (Å²) in [4.78, 5) is 13.8. The largest absolute Gasteiger partial charge is 0.494 e. The first kappa shape index (κ1) is 16.2. The first-order chi connectivity index (χ1) is 10.6. The van der Waals surface area contributed by atoms with E-state index in [1.165, 1.54) is 0 Å². The van der Waals surface area contributed by atoms with Crippen LogP contribution < -0.4 is 10.1 Å². The third-order valence-corrected chi connectivity index (χ3v) is 3.50. The Morgan fingerprint density at radius 2 is 1.86 bits per heavy atom. The number of rotatable bonds is 5. The van der Waals surface area contributed by atoms with Gasteiger partial charge >= 0.3 is 6.03 Å². The summed E-state index contributed by atoms with van der Waals surface area (Å²) in [5.74, 6) is 0.782. The predicted octanol–water partition coefficient (Wildman–Crippen LogP) is 4.40. The standard InChI is InChI=1S/C17H19ClN2O2/c1-3-22-15-10-8-14(9-11-15)19-17(21)20(2)12-13-6-4-5-7-16(13)18/h4-11H,3,12H2,1-2H3,(H,19,21). The van der Waals surface area contributed by atoms with Crippen molar-refractivity contribution >= 4 is 23.3 Å². The summed E-state index contributed by atoms with van der Waals surface area (Å²) in [7, 11) is 1.73. The van der Waals surface area contributed by atoms with Gasteiger partial charge in [-0.15, -0.1) is 0 Å². The molecule has 0 fully saturated rings. The van der Waals surface area contributed by atoms with E-state index < -0.39 is 0 Å². The lowest BCUT2D eigenvalue weighted by molar-refractivity contribution is 0.220. The highest BCUT2D eigenvalue weighted by atomic mass is 35.5. The van der Waals surface area contributed by atoms with Crippen molar-refractivity contribution in [3.63, 3.8) is 0 Å². The molecule has 0 aromatic heterocycles. The number of ether oxygens (including phenoxy) is 1. The van der Waals surface area contributed by atoms with Crippen LogP contribution in [0.15, 0.2) is 48.5 Å². The number of amides is 2. The molecule has 0 atom stereocenters. The van der Waals surface area contributed by atoms with Gasteiger partial charge < -0.3 is 15.0 Å². The van der Waals surface area contributed by atoms with Crippen molar-refractivity contribution in [2.75, 3.05) is 19.0 Å². The molecule has 2 aromatic rings. The van der Waals surface area contributed by atoms with E-state index in [4.69, 9.17) is 16.3 Å². The van der Waals surface area contributed by atoms with Gasteiger partial charge in [-0.2, -0.15) is 0 Å². The summed E-state index contributed by atoms with van der Waals surface area (Å²) in [5, 5.41) is 3.49. The van der Waals surface area contributed by atoms with E-state index in [2.05, 4.69) is 5.32 Å². The first-order valence-electron chi connectivity index (χ1n) is 7.08. The number of halogens is 1. The van der Waals surface area contributed by atoms with Gasteiger partial charge in [0.05, 0.1) is 6.61 Å². The van der Waals surface area contributed by atoms with Crippen molar-refractivity contribution in [2.24, 2.45) is 0 Å². The summed E-state index contributed by atoms with van der Waals surface area (Å²) in [6, 6.07) is 14.6. The molecule has 0 aliphatic heterocycles. The van der Waals surface area contributed by atoms with Crippen molar-refractivity contribution in [2.45, 2.75) is 13.5 Å². The number of anilines is 1. The van der Waals surface area contributed by atoms with Crippen LogP contribution in [-0.2, 0) is 6.54 Å². The average molecular weight is 319 g/mol. The number of nitrogens with one attached hydrogen (secondary N) is 1. The van der Waals surface area contributed by atoms with Crippen LogP contribution in [0.25, 0.3) is 0 Å². The van der Waals surface area contributed by atoms with E-state index in [0.29, 0.717) is 18.2 Å². The molecule has 0 saturated heterocycles. The molecular formula is C17H19ClN2O2. The fourth-order valence-electron chi connectivity index (χ4n) is 1.97. The molecule has 2 amide bonds. The predicted molar refractivity (Wildman–Crippen MR) is 89.5 cm³/mol. The van der Waals surface area contributed by atoms with Gasteiger partial charge in [0, 0.05) is 24.3 Å². The van der Waals surface area contributed by atoms with E-state index in [1.807, 2.05) is 55.5 Å². The topological polar surface area (TPSA) is 41.6 Å². The number of urea groups is 1. The van der Waals surface area contributed by atoms with E-state index in [-0.39, 0.29) is 6.03 Å². The lowest BCUT2D eigenvalue weighted by Gasteiger charge is -2.19. The summed E-state index contributed by atoms with van der Waals surface area (Å²) in [5.41, 5.74) is 1.63. The molecule has 0 aliphatic rings. The summed E-state index contributed by atoms with van der Waals surface area (Å²) in [6.07, 6.45) is 0. The number of hydrogen-bond acceptors (Lipinski definition) is 2. The van der Waals surface area contributed by atoms with Gasteiger partial charge in [-0.1, -0.05) is 29.8 Å². The monoisotopic (exact) mass is 318 g/mol. The molecule has 0 heterocycles. The van der Waals surface area contributed by atoms with Gasteiger partial charge in [0.15, 0.2) is 0 Å². The molecule has 4 nitrogen and oxygen atoms in total. The Hall–Kier alpha value is -2.20. The maximum absolute atomic E-state index is 12.2. The molecule has 22 heavy (non-hydrogen) atoms. The van der Waals surface area contributed by atoms with Gasteiger partial charge in [0.1, 0.15) is 5.75 Å². The van der Waals surface area contributed by atoms with Crippen LogP contribution in [0.3, 0.4) is 0 Å². The Balaban J connectivity index is 1.95. The highest BCUT2D eigenvalue weighted by molar-refractivity contribution is 6.31. The van der Waals surface area contributed by atoms with Gasteiger partial charge in [0.2, 0.25) is 0 Å². The normalized spacial score (nSPS) is 10.1. The van der Waals surface area contributed by atoms with Gasteiger partial charge in [0.25, 0.3) is 0 Å². The Bertz CT molecular complexity index is 629. The third kappa shape index (κ3) is 4.40. The molecule has 0 radical (unpaired) electrons. The third-order valence-electron chi connectivity index (χ3n) is 3.13. The van der Waals surface area contributed by atoms with Gasteiger partial charge in [-0.05, 0) is 42.8 Å². The molecule has 0 aliphatic carbocycles. The van der Waals surface area contributed by atoms with E-state index >= 15 is 0 Å². The second kappa shape index (κ2) is 7.71. The Kier molecular flexibility index (Phi) is 5.67. The van der Waals surface area contributed by atoms with Crippen molar-refractivity contribution in [1.82, 2.24) is 4.90 Å². The maximum atomic E-state index is 12.2. The fourth-order valence-corrected chi connectivity index (χ4v) is 2.17. The Morgan fingerprint density at radius 1 is 1.18 bits per heavy atom. The van der Waals surface area contributed by atoms with Crippen LogP contribution in [0.1, 0.15) is 12.5 Å². The molecular weight excluding hydrogens is 300 g/mol. The van der Waals surface area contributed by atoms with Crippen molar-refractivity contribution < 1.29 is 9.53 Å². The minimum atomic E-state index is -0.191. The van der Waals surface area contributed by atoms with Gasteiger partial charge in [-0.25, -0.2) is 4.79 Å². The van der Waals surface area contributed by atoms with Crippen LogP contribution >= 0.6 is 11.6 Å². The molecule has 2 aromatic carbocycles. The van der Waals surface area contributed by atoms with Crippen LogP contribution in [0.5, 0.6) is 5.75 Å². The lowest BCUT2D eigenvalue weighted by Crippen LogP contribution is -2.30. The number of benzene rings is 2. The van der Waals surface area contributed by atoms with Crippen LogP contribution in [-0.4, -0.2) is 24.6 Å². The number of carbonyl (C=O) groups is 1. The van der Waals surface area contributed by atoms with Crippen LogP contribution in [0, 0.1) is 0 Å². The SMILES string of the molecule is CCOc1ccc(NC(=O)N(C)Cc2ccccc2Cl)cc1. The van der Waals surface area contributed by atoms with E-state index in [0.717, 1.165) is 17.0 Å². The maximum Gasteiger partial charge on any atom is 0.321 e. The number of hydrogen-bond donors (Lipinski definition) is 1. The molecule has 0 saturated carbocycles. The van der Waals surface area contributed by atoms with Gasteiger partial charge in [-0.3, -0.25) is 0 Å².